The zero-order valence-corrected chi connectivity index (χ0v) is 16.9. The lowest BCUT2D eigenvalue weighted by Gasteiger charge is -2.28. The second kappa shape index (κ2) is 7.80. The van der Waals surface area contributed by atoms with Crippen molar-refractivity contribution in [1.82, 2.24) is 14.7 Å². The van der Waals surface area contributed by atoms with Crippen LogP contribution in [0.15, 0.2) is 24.3 Å². The molecule has 0 saturated heterocycles. The van der Waals surface area contributed by atoms with E-state index >= 15 is 0 Å². The fourth-order valence-corrected chi connectivity index (χ4v) is 3.47. The Morgan fingerprint density at radius 1 is 1.27 bits per heavy atom. The highest BCUT2D eigenvalue weighted by molar-refractivity contribution is 5.94. The average molecular weight is 377 g/mol. The summed E-state index contributed by atoms with van der Waals surface area (Å²) in [4.78, 5) is 14.8. The Balaban J connectivity index is 0.00000243. The molecular weight excluding hydrogens is 348 g/mol. The first-order valence-corrected chi connectivity index (χ1v) is 8.96. The van der Waals surface area contributed by atoms with Gasteiger partial charge in [0, 0.05) is 24.8 Å². The molecule has 0 bridgehead atoms. The standard InChI is InChI=1S/C20H28N4O.ClH/c1-14-8-10-15(11-9-14)24-17-7-5-6-16(17)18(22-24)19(25)23(4)13-20(2,3)12-21;/h8-11H,5-7,12-13,21H2,1-4H3;1H. The largest absolute Gasteiger partial charge is 0.340 e. The minimum Gasteiger partial charge on any atom is -0.340 e. The lowest BCUT2D eigenvalue weighted by Crippen LogP contribution is -2.40. The number of rotatable bonds is 5. The molecule has 1 amide bonds. The summed E-state index contributed by atoms with van der Waals surface area (Å²) in [5.41, 5.74) is 10.8. The number of nitrogens with two attached hydrogens (primary N) is 1. The van der Waals surface area contributed by atoms with Crippen molar-refractivity contribution in [2.45, 2.75) is 40.0 Å². The first-order chi connectivity index (χ1) is 11.8. The summed E-state index contributed by atoms with van der Waals surface area (Å²) >= 11 is 0. The number of carbonyl (C=O) groups is 1. The van der Waals surface area contributed by atoms with E-state index in [4.69, 9.17) is 10.8 Å². The molecule has 1 aliphatic rings. The number of fused-ring (bicyclic) bond motifs is 1. The van der Waals surface area contributed by atoms with Crippen LogP contribution in [0.25, 0.3) is 5.69 Å². The van der Waals surface area contributed by atoms with Gasteiger partial charge in [-0.25, -0.2) is 4.68 Å². The number of carbonyl (C=O) groups excluding carboxylic acids is 1. The monoisotopic (exact) mass is 376 g/mol. The summed E-state index contributed by atoms with van der Waals surface area (Å²) in [6.45, 7) is 7.38. The third-order valence-electron chi connectivity index (χ3n) is 4.98. The lowest BCUT2D eigenvalue weighted by atomic mass is 9.93. The van der Waals surface area contributed by atoms with Gasteiger partial charge in [-0.2, -0.15) is 5.10 Å². The topological polar surface area (TPSA) is 64.2 Å². The number of aryl methyl sites for hydroxylation is 1. The Kier molecular flexibility index (Phi) is 6.14. The molecule has 2 N–H and O–H groups in total. The Hall–Kier alpha value is -1.85. The molecule has 2 aromatic rings. The third-order valence-corrected chi connectivity index (χ3v) is 4.98. The van der Waals surface area contributed by atoms with Gasteiger partial charge < -0.3 is 10.6 Å². The van der Waals surface area contributed by atoms with Crippen LogP contribution in [0.2, 0.25) is 0 Å². The van der Waals surface area contributed by atoms with Gasteiger partial charge in [-0.15, -0.1) is 12.4 Å². The van der Waals surface area contributed by atoms with E-state index in [9.17, 15) is 4.79 Å². The Bertz CT molecular complexity index is 780. The Labute approximate surface area is 162 Å². The van der Waals surface area contributed by atoms with E-state index in [-0.39, 0.29) is 23.7 Å². The summed E-state index contributed by atoms with van der Waals surface area (Å²) in [5.74, 6) is -0.00876. The van der Waals surface area contributed by atoms with E-state index in [2.05, 4.69) is 45.0 Å². The first-order valence-electron chi connectivity index (χ1n) is 8.96. The van der Waals surface area contributed by atoms with Crippen molar-refractivity contribution >= 4 is 18.3 Å². The molecule has 5 nitrogen and oxygen atoms in total. The molecule has 1 aromatic heterocycles. The van der Waals surface area contributed by atoms with Crippen LogP contribution in [-0.4, -0.2) is 40.7 Å². The molecule has 1 aromatic carbocycles. The van der Waals surface area contributed by atoms with Crippen LogP contribution >= 0.6 is 12.4 Å². The van der Waals surface area contributed by atoms with Crippen LogP contribution in [0.3, 0.4) is 0 Å². The quantitative estimate of drug-likeness (QED) is 0.871. The average Bonchev–Trinajstić information content (AvgIpc) is 3.17. The van der Waals surface area contributed by atoms with E-state index in [0.717, 1.165) is 30.5 Å². The van der Waals surface area contributed by atoms with Crippen LogP contribution in [0, 0.1) is 12.3 Å². The van der Waals surface area contributed by atoms with Gasteiger partial charge >= 0.3 is 0 Å². The lowest BCUT2D eigenvalue weighted by molar-refractivity contribution is 0.0733. The molecule has 0 fully saturated rings. The van der Waals surface area contributed by atoms with E-state index in [1.807, 2.05) is 11.7 Å². The van der Waals surface area contributed by atoms with E-state index < -0.39 is 0 Å². The van der Waals surface area contributed by atoms with Crippen molar-refractivity contribution in [3.63, 3.8) is 0 Å². The van der Waals surface area contributed by atoms with Crippen LogP contribution in [0.1, 0.15) is 47.6 Å². The molecule has 3 rings (SSSR count). The molecule has 0 radical (unpaired) electrons. The maximum Gasteiger partial charge on any atom is 0.274 e. The third kappa shape index (κ3) is 3.94. The zero-order valence-electron chi connectivity index (χ0n) is 16.1. The maximum absolute atomic E-state index is 13.0. The highest BCUT2D eigenvalue weighted by Gasteiger charge is 2.30. The molecule has 0 spiro atoms. The summed E-state index contributed by atoms with van der Waals surface area (Å²) in [6, 6.07) is 8.29. The SMILES string of the molecule is Cc1ccc(-n2nc(C(=O)N(C)CC(C)(C)CN)c3c2CCC3)cc1.Cl. The van der Waals surface area contributed by atoms with Crippen molar-refractivity contribution in [3.8, 4) is 5.69 Å². The minimum absolute atomic E-state index is 0. The second-order valence-corrected chi connectivity index (χ2v) is 7.90. The number of hydrogen-bond donors (Lipinski definition) is 1. The van der Waals surface area contributed by atoms with Crippen molar-refractivity contribution in [2.75, 3.05) is 20.1 Å². The molecule has 1 heterocycles. The molecule has 0 saturated carbocycles. The molecular formula is C20H29ClN4O. The Morgan fingerprint density at radius 2 is 1.92 bits per heavy atom. The fraction of sp³-hybridized carbons (Fsp3) is 0.500. The number of benzene rings is 1. The van der Waals surface area contributed by atoms with Crippen LogP contribution in [-0.2, 0) is 12.8 Å². The molecule has 26 heavy (non-hydrogen) atoms. The molecule has 0 atom stereocenters. The van der Waals surface area contributed by atoms with Gasteiger partial charge in [0.15, 0.2) is 5.69 Å². The van der Waals surface area contributed by atoms with Gasteiger partial charge in [-0.1, -0.05) is 31.5 Å². The number of amides is 1. The van der Waals surface area contributed by atoms with Crippen molar-refractivity contribution in [3.05, 3.63) is 46.8 Å². The Morgan fingerprint density at radius 3 is 2.54 bits per heavy atom. The predicted octanol–water partition coefficient (Wildman–Crippen LogP) is 3.15. The molecule has 0 aliphatic heterocycles. The minimum atomic E-state index is -0.104. The summed E-state index contributed by atoms with van der Waals surface area (Å²) in [5, 5.41) is 4.70. The molecule has 142 valence electrons. The smallest absolute Gasteiger partial charge is 0.274 e. The predicted molar refractivity (Wildman–Crippen MR) is 107 cm³/mol. The van der Waals surface area contributed by atoms with Crippen molar-refractivity contribution < 1.29 is 4.79 Å². The molecule has 6 heteroatoms. The molecule has 1 aliphatic carbocycles. The van der Waals surface area contributed by atoms with Gasteiger partial charge in [0.1, 0.15) is 0 Å². The van der Waals surface area contributed by atoms with E-state index in [0.29, 0.717) is 18.8 Å². The van der Waals surface area contributed by atoms with Gasteiger partial charge in [-0.05, 0) is 50.3 Å². The van der Waals surface area contributed by atoms with Gasteiger partial charge in [0.05, 0.1) is 5.69 Å². The van der Waals surface area contributed by atoms with Crippen LogP contribution in [0.5, 0.6) is 0 Å². The van der Waals surface area contributed by atoms with Crippen molar-refractivity contribution in [2.24, 2.45) is 11.1 Å². The van der Waals surface area contributed by atoms with E-state index in [1.165, 1.54) is 11.3 Å². The van der Waals surface area contributed by atoms with Crippen LogP contribution < -0.4 is 5.73 Å². The second-order valence-electron chi connectivity index (χ2n) is 7.90. The summed E-state index contributed by atoms with van der Waals surface area (Å²) in [6.07, 6.45) is 2.98. The van der Waals surface area contributed by atoms with Crippen molar-refractivity contribution in [1.29, 1.82) is 0 Å². The normalized spacial score (nSPS) is 13.3. The number of nitrogens with zero attached hydrogens (tertiary/aromatic N) is 3. The first kappa shape index (κ1) is 20.5. The highest BCUT2D eigenvalue weighted by atomic mass is 35.5. The number of halogens is 1. The van der Waals surface area contributed by atoms with Crippen LogP contribution in [0.4, 0.5) is 0 Å². The van der Waals surface area contributed by atoms with Gasteiger partial charge in [-0.3, -0.25) is 4.79 Å². The number of hydrogen-bond acceptors (Lipinski definition) is 3. The molecule has 0 unspecified atom stereocenters. The summed E-state index contributed by atoms with van der Waals surface area (Å²) < 4.78 is 1.96. The zero-order chi connectivity index (χ0) is 18.2. The van der Waals surface area contributed by atoms with E-state index in [1.54, 1.807) is 4.90 Å². The van der Waals surface area contributed by atoms with Gasteiger partial charge in [0.25, 0.3) is 5.91 Å². The maximum atomic E-state index is 13.0. The van der Waals surface area contributed by atoms with Gasteiger partial charge in [0.2, 0.25) is 0 Å². The highest BCUT2D eigenvalue weighted by Crippen LogP contribution is 2.29. The summed E-state index contributed by atoms with van der Waals surface area (Å²) in [7, 11) is 1.84. The fourth-order valence-electron chi connectivity index (χ4n) is 3.47. The number of aromatic nitrogens is 2.